The molecule has 0 spiro atoms. The lowest BCUT2D eigenvalue weighted by Crippen LogP contribution is -2.49. The molecule has 0 aliphatic carbocycles. The first-order chi connectivity index (χ1) is 12.5. The predicted molar refractivity (Wildman–Crippen MR) is 102 cm³/mol. The van der Waals surface area contributed by atoms with Gasteiger partial charge in [0.1, 0.15) is 5.76 Å². The lowest BCUT2D eigenvalue weighted by Gasteiger charge is -2.39. The van der Waals surface area contributed by atoms with Crippen molar-refractivity contribution >= 4 is 5.96 Å². The third-order valence-electron chi connectivity index (χ3n) is 5.49. The summed E-state index contributed by atoms with van der Waals surface area (Å²) in [6.07, 6.45) is 6.97. The van der Waals surface area contributed by atoms with E-state index in [2.05, 4.69) is 50.0 Å². The van der Waals surface area contributed by atoms with Crippen molar-refractivity contribution in [3.8, 4) is 0 Å². The smallest absolute Gasteiger partial charge is 0.193 e. The van der Waals surface area contributed by atoms with Crippen molar-refractivity contribution in [3.05, 3.63) is 35.7 Å². The lowest BCUT2D eigenvalue weighted by atomic mass is 9.93. The quantitative estimate of drug-likeness (QED) is 0.672. The Balaban J connectivity index is 1.64. The van der Waals surface area contributed by atoms with Gasteiger partial charge in [0.2, 0.25) is 0 Å². The Labute approximate surface area is 155 Å². The molecule has 1 N–H and O–H groups in total. The van der Waals surface area contributed by atoms with Crippen LogP contribution in [0.4, 0.5) is 0 Å². The molecule has 2 aromatic rings. The van der Waals surface area contributed by atoms with Crippen LogP contribution in [0.25, 0.3) is 0 Å². The maximum absolute atomic E-state index is 5.31. The summed E-state index contributed by atoms with van der Waals surface area (Å²) >= 11 is 0. The van der Waals surface area contributed by atoms with Crippen LogP contribution in [0, 0.1) is 19.8 Å². The number of piperidine rings is 1. The van der Waals surface area contributed by atoms with Crippen molar-refractivity contribution in [2.45, 2.75) is 46.1 Å². The fourth-order valence-corrected chi connectivity index (χ4v) is 3.97. The monoisotopic (exact) mass is 358 g/mol. The van der Waals surface area contributed by atoms with Gasteiger partial charge in [0.05, 0.1) is 18.1 Å². The highest BCUT2D eigenvalue weighted by Gasteiger charge is 2.29. The highest BCUT2D eigenvalue weighted by molar-refractivity contribution is 5.80. The molecule has 7 nitrogen and oxygen atoms in total. The number of guanidine groups is 1. The Morgan fingerprint density at radius 3 is 2.88 bits per heavy atom. The molecule has 0 bridgehead atoms. The van der Waals surface area contributed by atoms with Crippen molar-refractivity contribution < 1.29 is 4.52 Å². The van der Waals surface area contributed by atoms with Crippen molar-refractivity contribution in [2.24, 2.45) is 10.9 Å². The van der Waals surface area contributed by atoms with E-state index in [1.54, 1.807) is 0 Å². The molecular formula is C19H30N6O. The van der Waals surface area contributed by atoms with E-state index in [0.717, 1.165) is 43.5 Å². The Morgan fingerprint density at radius 2 is 2.27 bits per heavy atom. The van der Waals surface area contributed by atoms with Crippen molar-refractivity contribution in [1.29, 1.82) is 0 Å². The van der Waals surface area contributed by atoms with E-state index in [1.165, 1.54) is 5.56 Å². The highest BCUT2D eigenvalue weighted by atomic mass is 16.5. The molecule has 0 amide bonds. The van der Waals surface area contributed by atoms with Gasteiger partial charge in [-0.05, 0) is 26.2 Å². The molecule has 2 aromatic heterocycles. The van der Waals surface area contributed by atoms with Crippen LogP contribution in [0.15, 0.2) is 28.2 Å². The summed E-state index contributed by atoms with van der Waals surface area (Å²) in [6, 6.07) is 0.421. The van der Waals surface area contributed by atoms with Crippen LogP contribution in [0.2, 0.25) is 0 Å². The number of aliphatic imine (C=N–C) groups is 1. The van der Waals surface area contributed by atoms with Crippen molar-refractivity contribution in [3.63, 3.8) is 0 Å². The second-order valence-corrected chi connectivity index (χ2v) is 7.36. The summed E-state index contributed by atoms with van der Waals surface area (Å²) in [7, 11) is 1.85. The maximum atomic E-state index is 5.31. The summed E-state index contributed by atoms with van der Waals surface area (Å²) in [4.78, 5) is 11.1. The first kappa shape index (κ1) is 18.5. The van der Waals surface area contributed by atoms with Gasteiger partial charge in [0, 0.05) is 50.6 Å². The molecule has 1 aliphatic heterocycles. The second kappa shape index (κ2) is 7.93. The fourth-order valence-electron chi connectivity index (χ4n) is 3.97. The minimum absolute atomic E-state index is 0.311. The third-order valence-corrected chi connectivity index (χ3v) is 5.49. The number of hydrogen-bond acceptors (Lipinski definition) is 4. The SMILES string of the molecule is CN=C(NCC(C)c1c(C)noc1C)N1CCC(C)C(n2ccnc2)C1. The van der Waals surface area contributed by atoms with Crippen LogP contribution in [0.5, 0.6) is 0 Å². The third kappa shape index (κ3) is 3.76. The van der Waals surface area contributed by atoms with Gasteiger partial charge < -0.3 is 19.3 Å². The lowest BCUT2D eigenvalue weighted by molar-refractivity contribution is 0.189. The van der Waals surface area contributed by atoms with E-state index in [0.29, 0.717) is 17.9 Å². The average Bonchev–Trinajstić information content (AvgIpc) is 3.26. The zero-order valence-corrected chi connectivity index (χ0v) is 16.4. The molecule has 0 saturated carbocycles. The molecule has 3 heterocycles. The number of nitrogens with zero attached hydrogens (tertiary/aromatic N) is 5. The number of rotatable bonds is 4. The van der Waals surface area contributed by atoms with Crippen LogP contribution < -0.4 is 5.32 Å². The molecule has 1 fully saturated rings. The largest absolute Gasteiger partial charge is 0.361 e. The normalized spacial score (nSPS) is 22.5. The maximum Gasteiger partial charge on any atom is 0.193 e. The topological polar surface area (TPSA) is 71.5 Å². The van der Waals surface area contributed by atoms with Crippen LogP contribution in [0.3, 0.4) is 0 Å². The second-order valence-electron chi connectivity index (χ2n) is 7.36. The van der Waals surface area contributed by atoms with Crippen LogP contribution >= 0.6 is 0 Å². The Morgan fingerprint density at radius 1 is 1.46 bits per heavy atom. The van der Waals surface area contributed by atoms with E-state index >= 15 is 0 Å². The Kier molecular flexibility index (Phi) is 5.64. The number of hydrogen-bond donors (Lipinski definition) is 1. The molecule has 0 aromatic carbocycles. The molecule has 3 atom stereocenters. The molecule has 1 aliphatic rings. The van der Waals surface area contributed by atoms with E-state index in [-0.39, 0.29) is 0 Å². The molecule has 26 heavy (non-hydrogen) atoms. The number of likely N-dealkylation sites (tertiary alicyclic amines) is 1. The van der Waals surface area contributed by atoms with E-state index in [9.17, 15) is 0 Å². The van der Waals surface area contributed by atoms with Crippen LogP contribution in [0.1, 0.15) is 49.2 Å². The van der Waals surface area contributed by atoms with Crippen LogP contribution in [-0.2, 0) is 0 Å². The van der Waals surface area contributed by atoms with Gasteiger partial charge in [-0.15, -0.1) is 0 Å². The van der Waals surface area contributed by atoms with E-state index in [1.807, 2.05) is 33.4 Å². The summed E-state index contributed by atoms with van der Waals surface area (Å²) in [5, 5.41) is 7.61. The van der Waals surface area contributed by atoms with Gasteiger partial charge in [-0.2, -0.15) is 0 Å². The molecular weight excluding hydrogens is 328 g/mol. The Hall–Kier alpha value is -2.31. The minimum Gasteiger partial charge on any atom is -0.361 e. The zero-order chi connectivity index (χ0) is 18.7. The molecule has 3 rings (SSSR count). The molecule has 7 heteroatoms. The fraction of sp³-hybridized carbons (Fsp3) is 0.632. The van der Waals surface area contributed by atoms with Gasteiger partial charge >= 0.3 is 0 Å². The van der Waals surface area contributed by atoms with Gasteiger partial charge in [-0.25, -0.2) is 4.98 Å². The summed E-state index contributed by atoms with van der Waals surface area (Å²) in [5.74, 6) is 2.80. The summed E-state index contributed by atoms with van der Waals surface area (Å²) < 4.78 is 7.52. The van der Waals surface area contributed by atoms with E-state index in [4.69, 9.17) is 4.52 Å². The number of nitrogens with one attached hydrogen (secondary N) is 1. The zero-order valence-electron chi connectivity index (χ0n) is 16.4. The van der Waals surface area contributed by atoms with Crippen molar-refractivity contribution in [2.75, 3.05) is 26.7 Å². The standard InChI is InChI=1S/C19H30N6O/c1-13-6-8-24(11-17(13)25-9-7-21-12-25)19(20-5)22-10-14(2)18-15(3)23-26-16(18)4/h7,9,12-14,17H,6,8,10-11H2,1-5H3,(H,20,22). The van der Waals surface area contributed by atoms with Gasteiger partial charge in [-0.1, -0.05) is 19.0 Å². The molecule has 3 unspecified atom stereocenters. The van der Waals surface area contributed by atoms with Crippen molar-refractivity contribution in [1.82, 2.24) is 24.9 Å². The van der Waals surface area contributed by atoms with Gasteiger partial charge in [0.15, 0.2) is 5.96 Å². The first-order valence-corrected chi connectivity index (χ1v) is 9.37. The molecule has 1 saturated heterocycles. The number of imidazole rings is 1. The summed E-state index contributed by atoms with van der Waals surface area (Å²) in [5.41, 5.74) is 2.16. The molecule has 0 radical (unpaired) electrons. The first-order valence-electron chi connectivity index (χ1n) is 9.37. The highest BCUT2D eigenvalue weighted by Crippen LogP contribution is 2.27. The minimum atomic E-state index is 0.311. The van der Waals surface area contributed by atoms with Gasteiger partial charge in [0.25, 0.3) is 0 Å². The predicted octanol–water partition coefficient (Wildman–Crippen LogP) is 2.75. The average molecular weight is 358 g/mol. The van der Waals surface area contributed by atoms with Crippen LogP contribution in [-0.4, -0.2) is 52.2 Å². The number of aromatic nitrogens is 3. The summed E-state index contributed by atoms with van der Waals surface area (Å²) in [6.45, 7) is 11.2. The molecule has 142 valence electrons. The van der Waals surface area contributed by atoms with E-state index < -0.39 is 0 Å². The van der Waals surface area contributed by atoms with Gasteiger partial charge in [-0.3, -0.25) is 4.99 Å². The Bertz CT molecular complexity index is 716. The number of aryl methyl sites for hydroxylation is 2.